The molecule has 104 valence electrons. The van der Waals surface area contributed by atoms with Gasteiger partial charge in [0.15, 0.2) is 0 Å². The fraction of sp³-hybridized carbons (Fsp3) is 0.615. The van der Waals surface area contributed by atoms with Crippen LogP contribution in [-0.4, -0.2) is 33.6 Å². The molecule has 0 saturated heterocycles. The topological polar surface area (TPSA) is 87.1 Å². The number of aliphatic carboxylic acids is 1. The summed E-state index contributed by atoms with van der Waals surface area (Å²) in [5.41, 5.74) is 0. The highest BCUT2D eigenvalue weighted by Gasteiger charge is 2.12. The number of hydrogen-bond acceptors (Lipinski definition) is 5. The molecule has 1 aliphatic carbocycles. The predicted octanol–water partition coefficient (Wildman–Crippen LogP) is 2.11. The molecule has 0 unspecified atom stereocenters. The van der Waals surface area contributed by atoms with Crippen molar-refractivity contribution in [1.29, 1.82) is 0 Å². The van der Waals surface area contributed by atoms with E-state index in [4.69, 9.17) is 5.11 Å². The van der Waals surface area contributed by atoms with E-state index >= 15 is 0 Å². The second-order valence-corrected chi connectivity index (χ2v) is 4.87. The van der Waals surface area contributed by atoms with Gasteiger partial charge in [0.25, 0.3) is 0 Å². The molecule has 3 N–H and O–H groups in total. The number of carboxylic acid groups (broad SMARTS) is 1. The lowest BCUT2D eigenvalue weighted by atomic mass is 10.1. The van der Waals surface area contributed by atoms with Crippen LogP contribution in [0.4, 0.5) is 11.6 Å². The van der Waals surface area contributed by atoms with Crippen LogP contribution in [0, 0.1) is 0 Å². The first kappa shape index (κ1) is 13.6. The van der Waals surface area contributed by atoms with Gasteiger partial charge in [0.2, 0.25) is 0 Å². The minimum atomic E-state index is -0.906. The minimum Gasteiger partial charge on any atom is -0.480 e. The summed E-state index contributed by atoms with van der Waals surface area (Å²) >= 11 is 0. The lowest BCUT2D eigenvalue weighted by molar-refractivity contribution is -0.134. The average molecular weight is 264 g/mol. The number of aromatic nitrogens is 2. The molecule has 0 aromatic carbocycles. The molecular formula is C13H20N4O2. The summed E-state index contributed by atoms with van der Waals surface area (Å²) in [7, 11) is 0. The van der Waals surface area contributed by atoms with Gasteiger partial charge in [0, 0.05) is 12.1 Å². The number of hydrogen-bond donors (Lipinski definition) is 3. The average Bonchev–Trinajstić information content (AvgIpc) is 2.65. The Labute approximate surface area is 112 Å². The molecular weight excluding hydrogens is 244 g/mol. The van der Waals surface area contributed by atoms with Crippen LogP contribution in [0.25, 0.3) is 0 Å². The van der Waals surface area contributed by atoms with Crippen molar-refractivity contribution in [3.63, 3.8) is 0 Å². The highest BCUT2D eigenvalue weighted by atomic mass is 16.4. The summed E-state index contributed by atoms with van der Waals surface area (Å²) in [5, 5.41) is 14.8. The summed E-state index contributed by atoms with van der Waals surface area (Å²) in [6.45, 7) is -0.139. The molecule has 0 bridgehead atoms. The van der Waals surface area contributed by atoms with Crippen molar-refractivity contribution in [1.82, 2.24) is 9.97 Å². The number of anilines is 2. The van der Waals surface area contributed by atoms with Gasteiger partial charge >= 0.3 is 5.97 Å². The predicted molar refractivity (Wildman–Crippen MR) is 73.3 cm³/mol. The van der Waals surface area contributed by atoms with Crippen LogP contribution in [0.1, 0.15) is 38.5 Å². The highest BCUT2D eigenvalue weighted by molar-refractivity contribution is 5.72. The van der Waals surface area contributed by atoms with Gasteiger partial charge in [-0.05, 0) is 12.8 Å². The molecule has 1 heterocycles. The Morgan fingerprint density at radius 2 is 1.89 bits per heavy atom. The Kier molecular flexibility index (Phi) is 4.94. The Bertz CT molecular complexity index is 417. The van der Waals surface area contributed by atoms with Crippen molar-refractivity contribution in [2.45, 2.75) is 44.6 Å². The normalized spacial score (nSPS) is 16.6. The number of rotatable bonds is 5. The van der Waals surface area contributed by atoms with Crippen molar-refractivity contribution in [2.75, 3.05) is 17.2 Å². The zero-order chi connectivity index (χ0) is 13.5. The summed E-state index contributed by atoms with van der Waals surface area (Å²) in [5.74, 6) is 0.389. The third-order valence-corrected chi connectivity index (χ3v) is 3.29. The molecule has 0 radical (unpaired) electrons. The standard InChI is InChI=1S/C13H20N4O2/c18-13(19)8-14-11-7-12(16-9-15-11)17-10-5-3-1-2-4-6-10/h7,9-10H,1-6,8H2,(H,18,19)(H2,14,15,16,17). The van der Waals surface area contributed by atoms with E-state index in [-0.39, 0.29) is 6.54 Å². The fourth-order valence-electron chi connectivity index (χ4n) is 2.33. The van der Waals surface area contributed by atoms with E-state index < -0.39 is 5.97 Å². The highest BCUT2D eigenvalue weighted by Crippen LogP contribution is 2.20. The largest absolute Gasteiger partial charge is 0.480 e. The number of carboxylic acids is 1. The molecule has 1 aromatic heterocycles. The molecule has 1 aromatic rings. The Balaban J connectivity index is 1.91. The quantitative estimate of drug-likeness (QED) is 0.706. The van der Waals surface area contributed by atoms with Gasteiger partial charge in [-0.2, -0.15) is 0 Å². The zero-order valence-corrected chi connectivity index (χ0v) is 10.9. The molecule has 0 amide bonds. The SMILES string of the molecule is O=C(O)CNc1cc(NC2CCCCCC2)ncn1. The van der Waals surface area contributed by atoms with Gasteiger partial charge in [-0.1, -0.05) is 25.7 Å². The van der Waals surface area contributed by atoms with Gasteiger partial charge in [-0.3, -0.25) is 4.79 Å². The van der Waals surface area contributed by atoms with Crippen molar-refractivity contribution in [3.8, 4) is 0 Å². The third kappa shape index (κ3) is 4.73. The molecule has 0 spiro atoms. The minimum absolute atomic E-state index is 0.139. The van der Waals surface area contributed by atoms with E-state index in [1.165, 1.54) is 44.9 Å². The molecule has 6 nitrogen and oxygen atoms in total. The summed E-state index contributed by atoms with van der Waals surface area (Å²) in [6.07, 6.45) is 8.92. The van der Waals surface area contributed by atoms with E-state index in [9.17, 15) is 4.79 Å². The van der Waals surface area contributed by atoms with Crippen molar-refractivity contribution < 1.29 is 9.90 Å². The monoisotopic (exact) mass is 264 g/mol. The van der Waals surface area contributed by atoms with E-state index in [1.54, 1.807) is 6.07 Å². The van der Waals surface area contributed by atoms with Gasteiger partial charge in [-0.25, -0.2) is 9.97 Å². The van der Waals surface area contributed by atoms with E-state index in [0.717, 1.165) is 5.82 Å². The first-order chi connectivity index (χ1) is 9.24. The maximum absolute atomic E-state index is 10.5. The smallest absolute Gasteiger partial charge is 0.322 e. The van der Waals surface area contributed by atoms with Crippen LogP contribution < -0.4 is 10.6 Å². The van der Waals surface area contributed by atoms with Crippen LogP contribution in [0.5, 0.6) is 0 Å². The Hall–Kier alpha value is -1.85. The summed E-state index contributed by atoms with van der Waals surface area (Å²) in [6, 6.07) is 2.22. The zero-order valence-electron chi connectivity index (χ0n) is 10.9. The Morgan fingerprint density at radius 1 is 1.21 bits per heavy atom. The van der Waals surface area contributed by atoms with Gasteiger partial charge in [0.1, 0.15) is 24.5 Å². The molecule has 0 aliphatic heterocycles. The maximum atomic E-state index is 10.5. The first-order valence-electron chi connectivity index (χ1n) is 6.78. The molecule has 6 heteroatoms. The third-order valence-electron chi connectivity index (χ3n) is 3.29. The number of nitrogens with zero attached hydrogens (tertiary/aromatic N) is 2. The van der Waals surface area contributed by atoms with E-state index in [1.807, 2.05) is 0 Å². The Morgan fingerprint density at radius 3 is 2.58 bits per heavy atom. The molecule has 2 rings (SSSR count). The van der Waals surface area contributed by atoms with Gasteiger partial charge < -0.3 is 15.7 Å². The molecule has 1 aliphatic rings. The summed E-state index contributed by atoms with van der Waals surface area (Å²) < 4.78 is 0. The number of carbonyl (C=O) groups is 1. The van der Waals surface area contributed by atoms with E-state index in [2.05, 4.69) is 20.6 Å². The molecule has 19 heavy (non-hydrogen) atoms. The molecule has 1 saturated carbocycles. The maximum Gasteiger partial charge on any atom is 0.322 e. The van der Waals surface area contributed by atoms with Crippen LogP contribution in [0.15, 0.2) is 12.4 Å². The van der Waals surface area contributed by atoms with Crippen LogP contribution in [0.2, 0.25) is 0 Å². The van der Waals surface area contributed by atoms with Crippen LogP contribution in [0.3, 0.4) is 0 Å². The summed E-state index contributed by atoms with van der Waals surface area (Å²) in [4.78, 5) is 18.7. The van der Waals surface area contributed by atoms with E-state index in [0.29, 0.717) is 11.9 Å². The first-order valence-corrected chi connectivity index (χ1v) is 6.78. The molecule has 1 fully saturated rings. The lowest BCUT2D eigenvalue weighted by Crippen LogP contribution is -2.19. The van der Waals surface area contributed by atoms with Crippen LogP contribution in [-0.2, 0) is 4.79 Å². The van der Waals surface area contributed by atoms with Crippen LogP contribution >= 0.6 is 0 Å². The number of nitrogens with one attached hydrogen (secondary N) is 2. The van der Waals surface area contributed by atoms with Gasteiger partial charge in [0.05, 0.1) is 0 Å². The lowest BCUT2D eigenvalue weighted by Gasteiger charge is -2.17. The van der Waals surface area contributed by atoms with Crippen molar-refractivity contribution >= 4 is 17.6 Å². The fourth-order valence-corrected chi connectivity index (χ4v) is 2.33. The van der Waals surface area contributed by atoms with Crippen molar-refractivity contribution in [2.24, 2.45) is 0 Å². The second kappa shape index (κ2) is 6.92. The van der Waals surface area contributed by atoms with Gasteiger partial charge in [-0.15, -0.1) is 0 Å². The molecule has 0 atom stereocenters. The van der Waals surface area contributed by atoms with Crippen molar-refractivity contribution in [3.05, 3.63) is 12.4 Å². The second-order valence-electron chi connectivity index (χ2n) is 4.87.